The van der Waals surface area contributed by atoms with Gasteiger partial charge in [-0.3, -0.25) is 9.36 Å². The van der Waals surface area contributed by atoms with Gasteiger partial charge in [0.05, 0.1) is 18.4 Å². The number of rotatable bonds is 3. The highest BCUT2D eigenvalue weighted by Gasteiger charge is 2.24. The Kier molecular flexibility index (Phi) is 3.21. The van der Waals surface area contributed by atoms with E-state index in [0.29, 0.717) is 13.1 Å². The molecule has 0 atom stereocenters. The SMILES string of the molecule is Cn1cc(-c2cn(CCN)nn2)c(C(C)(C)C)n1. The van der Waals surface area contributed by atoms with Crippen molar-refractivity contribution in [3.05, 3.63) is 18.1 Å². The highest BCUT2D eigenvalue weighted by molar-refractivity contribution is 5.61. The molecule has 0 radical (unpaired) electrons. The number of aryl methyl sites for hydroxylation is 1. The minimum Gasteiger partial charge on any atom is -0.329 e. The molecular weight excluding hydrogens is 228 g/mol. The second kappa shape index (κ2) is 4.53. The van der Waals surface area contributed by atoms with Crippen LogP contribution in [-0.2, 0) is 19.0 Å². The number of aromatic nitrogens is 5. The number of hydrogen-bond acceptors (Lipinski definition) is 4. The Hall–Kier alpha value is -1.69. The predicted molar refractivity (Wildman–Crippen MR) is 70.0 cm³/mol. The highest BCUT2D eigenvalue weighted by atomic mass is 15.4. The quantitative estimate of drug-likeness (QED) is 0.877. The van der Waals surface area contributed by atoms with Crippen LogP contribution in [0.15, 0.2) is 12.4 Å². The molecule has 0 fully saturated rings. The molecule has 2 rings (SSSR count). The second-order valence-corrected chi connectivity index (χ2v) is 5.47. The molecule has 0 spiro atoms. The van der Waals surface area contributed by atoms with E-state index in [9.17, 15) is 0 Å². The van der Waals surface area contributed by atoms with E-state index in [-0.39, 0.29) is 5.41 Å². The Labute approximate surface area is 107 Å². The van der Waals surface area contributed by atoms with Crippen LogP contribution in [0.3, 0.4) is 0 Å². The van der Waals surface area contributed by atoms with Crippen molar-refractivity contribution in [2.75, 3.05) is 6.54 Å². The maximum Gasteiger partial charge on any atom is 0.116 e. The summed E-state index contributed by atoms with van der Waals surface area (Å²) in [6.07, 6.45) is 3.90. The molecule has 0 aliphatic carbocycles. The maximum absolute atomic E-state index is 5.51. The monoisotopic (exact) mass is 248 g/mol. The lowest BCUT2D eigenvalue weighted by Crippen LogP contribution is -2.13. The van der Waals surface area contributed by atoms with Gasteiger partial charge in [-0.1, -0.05) is 26.0 Å². The van der Waals surface area contributed by atoms with Gasteiger partial charge >= 0.3 is 0 Å². The zero-order valence-electron chi connectivity index (χ0n) is 11.4. The summed E-state index contributed by atoms with van der Waals surface area (Å²) in [7, 11) is 1.92. The van der Waals surface area contributed by atoms with Crippen LogP contribution in [-0.4, -0.2) is 31.3 Å². The van der Waals surface area contributed by atoms with Crippen molar-refractivity contribution < 1.29 is 0 Å². The first-order chi connectivity index (χ1) is 8.41. The third kappa shape index (κ3) is 2.43. The molecule has 6 heteroatoms. The van der Waals surface area contributed by atoms with Crippen LogP contribution < -0.4 is 5.73 Å². The molecule has 0 saturated carbocycles. The molecule has 98 valence electrons. The predicted octanol–water partition coefficient (Wildman–Crippen LogP) is 0.935. The standard InChI is InChI=1S/C12H20N6/c1-12(2,3)11-9(7-17(4)15-11)10-8-18(6-5-13)16-14-10/h7-8H,5-6,13H2,1-4H3. The van der Waals surface area contributed by atoms with Crippen LogP contribution in [0.4, 0.5) is 0 Å². The number of nitrogens with two attached hydrogens (primary N) is 1. The molecule has 0 bridgehead atoms. The smallest absolute Gasteiger partial charge is 0.116 e. The van der Waals surface area contributed by atoms with Gasteiger partial charge in [-0.05, 0) is 0 Å². The first-order valence-corrected chi connectivity index (χ1v) is 6.06. The van der Waals surface area contributed by atoms with Gasteiger partial charge in [-0.15, -0.1) is 5.10 Å². The van der Waals surface area contributed by atoms with E-state index in [1.165, 1.54) is 0 Å². The van der Waals surface area contributed by atoms with Crippen LogP contribution in [0, 0.1) is 0 Å². The fourth-order valence-electron chi connectivity index (χ4n) is 1.89. The van der Waals surface area contributed by atoms with Crippen molar-refractivity contribution in [1.29, 1.82) is 0 Å². The summed E-state index contributed by atoms with van der Waals surface area (Å²) in [6.45, 7) is 7.66. The fourth-order valence-corrected chi connectivity index (χ4v) is 1.89. The molecule has 0 saturated heterocycles. The molecule has 6 nitrogen and oxygen atoms in total. The van der Waals surface area contributed by atoms with Crippen molar-refractivity contribution in [3.63, 3.8) is 0 Å². The van der Waals surface area contributed by atoms with E-state index in [2.05, 4.69) is 36.2 Å². The summed E-state index contributed by atoms with van der Waals surface area (Å²) in [6, 6.07) is 0. The second-order valence-electron chi connectivity index (χ2n) is 5.47. The average Bonchev–Trinajstić information content (AvgIpc) is 2.84. The van der Waals surface area contributed by atoms with Crippen LogP contribution in [0.5, 0.6) is 0 Å². The third-order valence-corrected chi connectivity index (χ3v) is 2.71. The van der Waals surface area contributed by atoms with Crippen molar-refractivity contribution in [2.45, 2.75) is 32.7 Å². The molecule has 0 unspecified atom stereocenters. The lowest BCUT2D eigenvalue weighted by Gasteiger charge is -2.16. The van der Waals surface area contributed by atoms with E-state index < -0.39 is 0 Å². The molecule has 0 aromatic carbocycles. The molecular formula is C12H20N6. The van der Waals surface area contributed by atoms with Gasteiger partial charge in [0.1, 0.15) is 5.69 Å². The van der Waals surface area contributed by atoms with Gasteiger partial charge in [-0.2, -0.15) is 5.10 Å². The van der Waals surface area contributed by atoms with Crippen molar-refractivity contribution >= 4 is 0 Å². The number of nitrogens with zero attached hydrogens (tertiary/aromatic N) is 5. The van der Waals surface area contributed by atoms with Gasteiger partial charge in [0.25, 0.3) is 0 Å². The van der Waals surface area contributed by atoms with E-state index in [4.69, 9.17) is 5.73 Å². The zero-order valence-corrected chi connectivity index (χ0v) is 11.4. The average molecular weight is 248 g/mol. The fraction of sp³-hybridized carbons (Fsp3) is 0.583. The van der Waals surface area contributed by atoms with Crippen LogP contribution in [0.1, 0.15) is 26.5 Å². The largest absolute Gasteiger partial charge is 0.329 e. The molecule has 0 amide bonds. The van der Waals surface area contributed by atoms with Gasteiger partial charge in [0, 0.05) is 30.8 Å². The Bertz CT molecular complexity index is 531. The van der Waals surface area contributed by atoms with Gasteiger partial charge in [0.15, 0.2) is 0 Å². The Morgan fingerprint density at radius 2 is 2.00 bits per heavy atom. The molecule has 18 heavy (non-hydrogen) atoms. The molecule has 2 aromatic heterocycles. The van der Waals surface area contributed by atoms with Crippen molar-refractivity contribution in [2.24, 2.45) is 12.8 Å². The summed E-state index contributed by atoms with van der Waals surface area (Å²) in [4.78, 5) is 0. The maximum atomic E-state index is 5.51. The molecule has 0 aliphatic rings. The summed E-state index contributed by atoms with van der Waals surface area (Å²) >= 11 is 0. The van der Waals surface area contributed by atoms with Crippen molar-refractivity contribution in [1.82, 2.24) is 24.8 Å². The highest BCUT2D eigenvalue weighted by Crippen LogP contribution is 2.30. The normalized spacial score (nSPS) is 12.1. The first kappa shape index (κ1) is 12.8. The van der Waals surface area contributed by atoms with Gasteiger partial charge in [-0.25, -0.2) is 0 Å². The molecule has 0 aliphatic heterocycles. The zero-order chi connectivity index (χ0) is 13.3. The first-order valence-electron chi connectivity index (χ1n) is 6.06. The Morgan fingerprint density at radius 1 is 1.28 bits per heavy atom. The topological polar surface area (TPSA) is 74.5 Å². The molecule has 2 N–H and O–H groups in total. The lowest BCUT2D eigenvalue weighted by molar-refractivity contribution is 0.554. The summed E-state index contributed by atoms with van der Waals surface area (Å²) in [5.41, 5.74) is 8.40. The van der Waals surface area contributed by atoms with E-state index >= 15 is 0 Å². The van der Waals surface area contributed by atoms with E-state index in [1.807, 2.05) is 24.1 Å². The Morgan fingerprint density at radius 3 is 2.61 bits per heavy atom. The van der Waals surface area contributed by atoms with Gasteiger partial charge in [0.2, 0.25) is 0 Å². The number of hydrogen-bond donors (Lipinski definition) is 1. The summed E-state index contributed by atoms with van der Waals surface area (Å²) < 4.78 is 3.58. The van der Waals surface area contributed by atoms with Crippen LogP contribution in [0.25, 0.3) is 11.3 Å². The van der Waals surface area contributed by atoms with Gasteiger partial charge < -0.3 is 5.73 Å². The third-order valence-electron chi connectivity index (χ3n) is 2.71. The van der Waals surface area contributed by atoms with Crippen molar-refractivity contribution in [3.8, 4) is 11.3 Å². The summed E-state index contributed by atoms with van der Waals surface area (Å²) in [5.74, 6) is 0. The van der Waals surface area contributed by atoms with E-state index in [1.54, 1.807) is 4.68 Å². The van der Waals surface area contributed by atoms with Crippen LogP contribution in [0.2, 0.25) is 0 Å². The van der Waals surface area contributed by atoms with E-state index in [0.717, 1.165) is 17.0 Å². The summed E-state index contributed by atoms with van der Waals surface area (Å²) in [5, 5.41) is 12.8. The Balaban J connectivity index is 2.43. The molecule has 2 aromatic rings. The molecule has 2 heterocycles. The minimum atomic E-state index is -0.0196. The van der Waals surface area contributed by atoms with Crippen LogP contribution >= 0.6 is 0 Å². The lowest BCUT2D eigenvalue weighted by atomic mass is 9.89. The minimum absolute atomic E-state index is 0.0196.